The van der Waals surface area contributed by atoms with Gasteiger partial charge in [-0.1, -0.05) is 47.5 Å². The van der Waals surface area contributed by atoms with Gasteiger partial charge in [0.25, 0.3) is 10.0 Å². The van der Waals surface area contributed by atoms with Crippen molar-refractivity contribution in [1.29, 1.82) is 0 Å². The third kappa shape index (κ3) is 3.56. The number of sulfonamides is 1. The largest absolute Gasteiger partial charge is 0.279 e. The molecule has 1 N–H and O–H groups in total. The normalized spacial score (nSPS) is 11.6. The molecule has 7 heteroatoms. The van der Waals surface area contributed by atoms with Crippen molar-refractivity contribution in [3.05, 3.63) is 76.8 Å². The number of hydrogen-bond donors (Lipinski definition) is 1. The summed E-state index contributed by atoms with van der Waals surface area (Å²) in [5.41, 5.74) is 3.61. The molecule has 0 unspecified atom stereocenters. The van der Waals surface area contributed by atoms with Gasteiger partial charge < -0.3 is 0 Å². The molecule has 0 amide bonds. The number of aryl methyl sites for hydroxylation is 1. The first-order valence-corrected chi connectivity index (χ1v) is 10.9. The summed E-state index contributed by atoms with van der Waals surface area (Å²) in [5, 5.41) is 3.16. The molecule has 0 atom stereocenters. The van der Waals surface area contributed by atoms with Crippen LogP contribution in [0.2, 0.25) is 5.02 Å². The second kappa shape index (κ2) is 6.96. The first-order chi connectivity index (χ1) is 12.9. The monoisotopic (exact) mass is 414 g/mol. The van der Waals surface area contributed by atoms with Gasteiger partial charge in [0.1, 0.15) is 4.83 Å². The molecule has 0 radical (unpaired) electrons. The molecule has 0 aliphatic rings. The average molecular weight is 415 g/mol. The van der Waals surface area contributed by atoms with Gasteiger partial charge in [-0.25, -0.2) is 13.4 Å². The van der Waals surface area contributed by atoms with Gasteiger partial charge in [0.2, 0.25) is 0 Å². The molecule has 0 aliphatic heterocycles. The van der Waals surface area contributed by atoms with Gasteiger partial charge in [-0.3, -0.25) is 4.72 Å². The Kier molecular flexibility index (Phi) is 4.63. The molecule has 0 bridgehead atoms. The molecule has 2 aromatic heterocycles. The van der Waals surface area contributed by atoms with E-state index in [-0.39, 0.29) is 4.90 Å². The maximum atomic E-state index is 12.8. The average Bonchev–Trinajstić information content (AvgIpc) is 3.07. The quantitative estimate of drug-likeness (QED) is 0.464. The van der Waals surface area contributed by atoms with Crippen molar-refractivity contribution < 1.29 is 8.42 Å². The molecule has 136 valence electrons. The number of hydrogen-bond acceptors (Lipinski definition) is 4. The van der Waals surface area contributed by atoms with Crippen LogP contribution in [0, 0.1) is 6.92 Å². The van der Waals surface area contributed by atoms with Crippen LogP contribution in [-0.4, -0.2) is 13.4 Å². The van der Waals surface area contributed by atoms with Crippen molar-refractivity contribution in [1.82, 2.24) is 4.98 Å². The van der Waals surface area contributed by atoms with Crippen LogP contribution in [0.4, 0.5) is 5.69 Å². The molecule has 2 aromatic carbocycles. The van der Waals surface area contributed by atoms with E-state index in [1.807, 2.05) is 30.5 Å². The van der Waals surface area contributed by atoms with Crippen molar-refractivity contribution in [3.63, 3.8) is 0 Å². The van der Waals surface area contributed by atoms with Crippen LogP contribution in [0.3, 0.4) is 0 Å². The Morgan fingerprint density at radius 3 is 2.67 bits per heavy atom. The fourth-order valence-corrected chi connectivity index (χ4v) is 5.23. The molecule has 27 heavy (non-hydrogen) atoms. The zero-order chi connectivity index (χ0) is 19.0. The van der Waals surface area contributed by atoms with Crippen LogP contribution in [0.5, 0.6) is 0 Å². The predicted octanol–water partition coefficient (Wildman–Crippen LogP) is 5.73. The van der Waals surface area contributed by atoms with Gasteiger partial charge in [0, 0.05) is 27.5 Å². The van der Waals surface area contributed by atoms with Crippen LogP contribution in [-0.2, 0) is 10.0 Å². The van der Waals surface area contributed by atoms with E-state index >= 15 is 0 Å². The predicted molar refractivity (Wildman–Crippen MR) is 112 cm³/mol. The number of nitrogens with one attached hydrogen (secondary N) is 1. The summed E-state index contributed by atoms with van der Waals surface area (Å²) in [6, 6.07) is 16.0. The zero-order valence-electron chi connectivity index (χ0n) is 14.3. The zero-order valence-corrected chi connectivity index (χ0v) is 16.7. The van der Waals surface area contributed by atoms with E-state index in [2.05, 4.69) is 15.8 Å². The number of aromatic nitrogens is 1. The fourth-order valence-electron chi connectivity index (χ4n) is 2.91. The first-order valence-electron chi connectivity index (χ1n) is 8.16. The lowest BCUT2D eigenvalue weighted by atomic mass is 10.0. The van der Waals surface area contributed by atoms with Crippen molar-refractivity contribution in [2.45, 2.75) is 11.8 Å². The van der Waals surface area contributed by atoms with E-state index in [1.54, 1.807) is 24.4 Å². The highest BCUT2D eigenvalue weighted by atomic mass is 35.5. The Labute approximate surface area is 166 Å². The van der Waals surface area contributed by atoms with Gasteiger partial charge in [0.05, 0.1) is 10.6 Å². The van der Waals surface area contributed by atoms with Crippen LogP contribution >= 0.6 is 22.9 Å². The summed E-state index contributed by atoms with van der Waals surface area (Å²) in [6.07, 6.45) is 1.61. The van der Waals surface area contributed by atoms with Crippen LogP contribution in [0.1, 0.15) is 5.56 Å². The lowest BCUT2D eigenvalue weighted by Gasteiger charge is -2.11. The number of halogens is 1. The highest BCUT2D eigenvalue weighted by Crippen LogP contribution is 2.38. The summed E-state index contributed by atoms with van der Waals surface area (Å²) in [5.74, 6) is 0. The molecule has 0 spiro atoms. The second-order valence-corrected chi connectivity index (χ2v) is 9.10. The molecule has 0 saturated heterocycles. The van der Waals surface area contributed by atoms with Gasteiger partial charge in [0.15, 0.2) is 0 Å². The summed E-state index contributed by atoms with van der Waals surface area (Å²) >= 11 is 7.44. The van der Waals surface area contributed by atoms with Crippen molar-refractivity contribution in [2.24, 2.45) is 0 Å². The van der Waals surface area contributed by atoms with Crippen LogP contribution in [0.25, 0.3) is 21.3 Å². The molecule has 4 rings (SSSR count). The van der Waals surface area contributed by atoms with E-state index in [9.17, 15) is 8.42 Å². The SMILES string of the molecule is Cc1cccc(-c2csc3nccc(NS(=O)(=O)c4cccc(Cl)c4)c23)c1. The molecule has 4 nitrogen and oxygen atoms in total. The number of thiophene rings is 1. The van der Waals surface area contributed by atoms with E-state index in [0.29, 0.717) is 10.7 Å². The Morgan fingerprint density at radius 2 is 1.89 bits per heavy atom. The van der Waals surface area contributed by atoms with Gasteiger partial charge in [-0.05, 0) is 36.8 Å². The van der Waals surface area contributed by atoms with Crippen molar-refractivity contribution in [3.8, 4) is 11.1 Å². The molecule has 0 fully saturated rings. The number of benzene rings is 2. The number of nitrogens with zero attached hydrogens (tertiary/aromatic N) is 1. The number of fused-ring (bicyclic) bond motifs is 1. The Bertz CT molecular complexity index is 1250. The minimum absolute atomic E-state index is 0.118. The van der Waals surface area contributed by atoms with E-state index < -0.39 is 10.0 Å². The molecule has 2 heterocycles. The molecule has 4 aromatic rings. The molecular weight excluding hydrogens is 400 g/mol. The van der Waals surface area contributed by atoms with E-state index in [1.165, 1.54) is 23.5 Å². The third-order valence-electron chi connectivity index (χ3n) is 4.15. The lowest BCUT2D eigenvalue weighted by Crippen LogP contribution is -2.13. The molecule has 0 saturated carbocycles. The second-order valence-electron chi connectivity index (χ2n) is 6.12. The fraction of sp³-hybridized carbons (Fsp3) is 0.0500. The molecule has 0 aliphatic carbocycles. The molecular formula is C20H15ClN2O2S2. The standard InChI is InChI=1S/C20H15ClN2O2S2/c1-13-4-2-5-14(10-13)17-12-26-20-19(17)18(8-9-22-20)23-27(24,25)16-7-3-6-15(21)11-16/h2-12H,1H3,(H,22,23). The number of pyridine rings is 1. The van der Waals surface area contributed by atoms with Crippen LogP contribution in [0.15, 0.2) is 71.1 Å². The Hall–Kier alpha value is -2.41. The summed E-state index contributed by atoms with van der Waals surface area (Å²) < 4.78 is 28.4. The van der Waals surface area contributed by atoms with Gasteiger partial charge >= 0.3 is 0 Å². The summed E-state index contributed by atoms with van der Waals surface area (Å²) in [4.78, 5) is 5.28. The highest BCUT2D eigenvalue weighted by molar-refractivity contribution is 7.92. The van der Waals surface area contributed by atoms with Crippen molar-refractivity contribution >= 4 is 48.9 Å². The first kappa shape index (κ1) is 18.0. The van der Waals surface area contributed by atoms with E-state index in [0.717, 1.165) is 26.9 Å². The highest BCUT2D eigenvalue weighted by Gasteiger charge is 2.19. The van der Waals surface area contributed by atoms with Gasteiger partial charge in [-0.15, -0.1) is 11.3 Å². The Morgan fingerprint density at radius 1 is 1.07 bits per heavy atom. The summed E-state index contributed by atoms with van der Waals surface area (Å²) in [6.45, 7) is 2.03. The van der Waals surface area contributed by atoms with Crippen LogP contribution < -0.4 is 4.72 Å². The maximum Gasteiger partial charge on any atom is 0.261 e. The minimum Gasteiger partial charge on any atom is -0.279 e. The van der Waals surface area contributed by atoms with Crippen molar-refractivity contribution in [2.75, 3.05) is 4.72 Å². The maximum absolute atomic E-state index is 12.8. The van der Waals surface area contributed by atoms with E-state index in [4.69, 9.17) is 11.6 Å². The topological polar surface area (TPSA) is 59.1 Å². The summed E-state index contributed by atoms with van der Waals surface area (Å²) in [7, 11) is -3.77. The minimum atomic E-state index is -3.77. The third-order valence-corrected chi connectivity index (χ3v) is 6.64. The number of anilines is 1. The smallest absolute Gasteiger partial charge is 0.261 e. The van der Waals surface area contributed by atoms with Gasteiger partial charge in [-0.2, -0.15) is 0 Å². The lowest BCUT2D eigenvalue weighted by molar-refractivity contribution is 0.601. The Balaban J connectivity index is 1.84. The number of rotatable bonds is 4.